The molecule has 0 fully saturated rings. The van der Waals surface area contributed by atoms with Gasteiger partial charge in [-0.05, 0) is 32.1 Å². The summed E-state index contributed by atoms with van der Waals surface area (Å²) in [6.45, 7) is 0.796. The first-order valence-corrected chi connectivity index (χ1v) is 6.57. The summed E-state index contributed by atoms with van der Waals surface area (Å²) in [6, 6.07) is 7.01. The van der Waals surface area contributed by atoms with Crippen LogP contribution in [-0.2, 0) is 9.59 Å². The van der Waals surface area contributed by atoms with Crippen LogP contribution >= 0.6 is 0 Å². The number of para-hydroxylation sites is 2. The van der Waals surface area contributed by atoms with Crippen molar-refractivity contribution in [2.24, 2.45) is 0 Å². The Morgan fingerprint density at radius 3 is 2.90 bits per heavy atom. The van der Waals surface area contributed by atoms with E-state index < -0.39 is 12.1 Å². The average molecular weight is 278 g/mol. The number of aliphatic carboxylic acids is 1. The number of hydrogen-bond acceptors (Lipinski definition) is 4. The van der Waals surface area contributed by atoms with Gasteiger partial charge < -0.3 is 20.1 Å². The number of nitrogens with zero attached hydrogens (tertiary/aromatic N) is 1. The van der Waals surface area contributed by atoms with Crippen LogP contribution in [0.1, 0.15) is 12.8 Å². The van der Waals surface area contributed by atoms with Gasteiger partial charge >= 0.3 is 5.97 Å². The van der Waals surface area contributed by atoms with Crippen LogP contribution in [0.25, 0.3) is 0 Å². The van der Waals surface area contributed by atoms with E-state index >= 15 is 0 Å². The number of carboxylic acids is 1. The fraction of sp³-hybridized carbons (Fsp3) is 0.429. The number of rotatable bonds is 5. The van der Waals surface area contributed by atoms with Crippen molar-refractivity contribution in [3.8, 4) is 5.75 Å². The van der Waals surface area contributed by atoms with Gasteiger partial charge in [-0.1, -0.05) is 12.1 Å². The van der Waals surface area contributed by atoms with Crippen LogP contribution in [0.15, 0.2) is 24.3 Å². The third-order valence-corrected chi connectivity index (χ3v) is 3.17. The first-order valence-electron chi connectivity index (χ1n) is 6.57. The molecule has 0 aliphatic carbocycles. The fourth-order valence-electron chi connectivity index (χ4n) is 2.15. The number of amides is 1. The molecule has 1 aromatic carbocycles. The molecule has 0 bridgehead atoms. The first kappa shape index (κ1) is 14.3. The number of carbonyl (C=O) groups is 2. The highest BCUT2D eigenvalue weighted by Crippen LogP contribution is 2.33. The Hall–Kier alpha value is -2.08. The van der Waals surface area contributed by atoms with Crippen LogP contribution in [0.5, 0.6) is 5.75 Å². The van der Waals surface area contributed by atoms with Gasteiger partial charge in [-0.3, -0.25) is 4.79 Å². The van der Waals surface area contributed by atoms with E-state index in [0.717, 1.165) is 6.54 Å². The summed E-state index contributed by atoms with van der Waals surface area (Å²) in [5, 5.41) is 12.1. The van der Waals surface area contributed by atoms with Crippen molar-refractivity contribution >= 4 is 17.6 Å². The lowest BCUT2D eigenvalue weighted by Crippen LogP contribution is -2.47. The van der Waals surface area contributed by atoms with Gasteiger partial charge in [0.1, 0.15) is 5.75 Å². The number of fused-ring (bicyclic) bond motifs is 1. The Morgan fingerprint density at radius 1 is 1.45 bits per heavy atom. The van der Waals surface area contributed by atoms with Gasteiger partial charge in [-0.25, -0.2) is 4.79 Å². The highest BCUT2D eigenvalue weighted by molar-refractivity contribution is 5.96. The van der Waals surface area contributed by atoms with Crippen LogP contribution in [0.3, 0.4) is 0 Å². The average Bonchev–Trinajstić information content (AvgIpc) is 2.46. The van der Waals surface area contributed by atoms with Crippen molar-refractivity contribution in [2.45, 2.75) is 18.9 Å². The number of carbonyl (C=O) groups excluding carboxylic acids is 1. The van der Waals surface area contributed by atoms with E-state index in [9.17, 15) is 9.59 Å². The molecule has 1 atom stereocenters. The molecular formula is C14H18N2O4. The molecule has 0 saturated heterocycles. The minimum atomic E-state index is -1.06. The molecule has 2 N–H and O–H groups in total. The van der Waals surface area contributed by atoms with Crippen LogP contribution in [-0.4, -0.2) is 43.2 Å². The molecule has 1 amide bonds. The molecule has 6 nitrogen and oxygen atoms in total. The van der Waals surface area contributed by atoms with Crippen molar-refractivity contribution in [1.82, 2.24) is 5.32 Å². The van der Waals surface area contributed by atoms with Crippen molar-refractivity contribution in [2.75, 3.05) is 25.0 Å². The largest absolute Gasteiger partial charge is 0.478 e. The maximum atomic E-state index is 12.3. The van der Waals surface area contributed by atoms with Crippen LogP contribution in [0.4, 0.5) is 5.69 Å². The van der Waals surface area contributed by atoms with E-state index in [4.69, 9.17) is 9.84 Å². The number of nitrogens with one attached hydrogen (secondary N) is 1. The summed E-state index contributed by atoms with van der Waals surface area (Å²) in [5.74, 6) is -0.706. The molecule has 2 rings (SSSR count). The van der Waals surface area contributed by atoms with E-state index in [-0.39, 0.29) is 12.5 Å². The van der Waals surface area contributed by atoms with E-state index in [1.54, 1.807) is 24.3 Å². The van der Waals surface area contributed by atoms with Crippen LogP contribution < -0.4 is 15.0 Å². The Kier molecular flexibility index (Phi) is 4.57. The van der Waals surface area contributed by atoms with Crippen LogP contribution in [0, 0.1) is 0 Å². The number of hydrogen-bond donors (Lipinski definition) is 2. The lowest BCUT2D eigenvalue weighted by Gasteiger charge is -2.33. The molecule has 0 aromatic heterocycles. The van der Waals surface area contributed by atoms with E-state index in [0.29, 0.717) is 24.3 Å². The van der Waals surface area contributed by atoms with Gasteiger partial charge in [-0.2, -0.15) is 0 Å². The van der Waals surface area contributed by atoms with Gasteiger partial charge in [0.25, 0.3) is 0 Å². The molecule has 1 aromatic rings. The zero-order chi connectivity index (χ0) is 14.5. The van der Waals surface area contributed by atoms with E-state index in [1.165, 1.54) is 4.90 Å². The highest BCUT2D eigenvalue weighted by atomic mass is 16.5. The van der Waals surface area contributed by atoms with Crippen molar-refractivity contribution < 1.29 is 19.4 Å². The Morgan fingerprint density at radius 2 is 2.20 bits per heavy atom. The molecule has 20 heavy (non-hydrogen) atoms. The van der Waals surface area contributed by atoms with Crippen molar-refractivity contribution in [3.63, 3.8) is 0 Å². The third kappa shape index (κ3) is 3.08. The van der Waals surface area contributed by atoms with Gasteiger partial charge in [0.05, 0.1) is 12.2 Å². The number of ether oxygens (including phenoxy) is 1. The molecule has 1 heterocycles. The normalized spacial score (nSPS) is 17.2. The SMILES string of the molecule is CNCCCC(=O)N1CC(C(=O)O)Oc2ccccc21. The highest BCUT2D eigenvalue weighted by Gasteiger charge is 2.33. The summed E-state index contributed by atoms with van der Waals surface area (Å²) in [6.07, 6.45) is 0.0758. The molecule has 108 valence electrons. The van der Waals surface area contributed by atoms with Crippen LogP contribution in [0.2, 0.25) is 0 Å². The maximum Gasteiger partial charge on any atom is 0.346 e. The molecule has 1 aliphatic heterocycles. The summed E-state index contributed by atoms with van der Waals surface area (Å²) < 4.78 is 5.39. The zero-order valence-electron chi connectivity index (χ0n) is 11.3. The Balaban J connectivity index is 2.18. The van der Waals surface area contributed by atoms with Gasteiger partial charge in [-0.15, -0.1) is 0 Å². The Bertz CT molecular complexity index is 504. The molecule has 6 heteroatoms. The monoisotopic (exact) mass is 278 g/mol. The van der Waals surface area contributed by atoms with Crippen molar-refractivity contribution in [1.29, 1.82) is 0 Å². The first-order chi connectivity index (χ1) is 9.63. The summed E-state index contributed by atoms with van der Waals surface area (Å²) in [7, 11) is 1.83. The topological polar surface area (TPSA) is 78.9 Å². The quantitative estimate of drug-likeness (QED) is 0.781. The predicted octanol–water partition coefficient (Wildman–Crippen LogP) is 0.865. The molecule has 0 saturated carbocycles. The molecule has 1 aliphatic rings. The zero-order valence-corrected chi connectivity index (χ0v) is 11.3. The van der Waals surface area contributed by atoms with E-state index in [1.807, 2.05) is 7.05 Å². The second-order valence-corrected chi connectivity index (χ2v) is 4.62. The number of benzene rings is 1. The summed E-state index contributed by atoms with van der Waals surface area (Å²) in [4.78, 5) is 24.9. The van der Waals surface area contributed by atoms with Crippen molar-refractivity contribution in [3.05, 3.63) is 24.3 Å². The Labute approximate surface area is 117 Å². The second kappa shape index (κ2) is 6.38. The summed E-state index contributed by atoms with van der Waals surface area (Å²) in [5.41, 5.74) is 0.638. The fourth-order valence-corrected chi connectivity index (χ4v) is 2.15. The lowest BCUT2D eigenvalue weighted by molar-refractivity contribution is -0.145. The molecule has 0 spiro atoms. The standard InChI is InChI=1S/C14H18N2O4/c1-15-8-4-7-13(17)16-9-12(14(18)19)20-11-6-3-2-5-10(11)16/h2-3,5-6,12,15H,4,7-9H2,1H3,(H,18,19). The minimum Gasteiger partial charge on any atom is -0.478 e. The van der Waals surface area contributed by atoms with Gasteiger partial charge in [0.2, 0.25) is 12.0 Å². The molecule has 0 radical (unpaired) electrons. The summed E-state index contributed by atoms with van der Waals surface area (Å²) >= 11 is 0. The number of anilines is 1. The molecule has 1 unspecified atom stereocenters. The smallest absolute Gasteiger partial charge is 0.346 e. The minimum absolute atomic E-state index is 0.0464. The van der Waals surface area contributed by atoms with Gasteiger partial charge in [0.15, 0.2) is 0 Å². The second-order valence-electron chi connectivity index (χ2n) is 4.62. The maximum absolute atomic E-state index is 12.3. The van der Waals surface area contributed by atoms with Gasteiger partial charge in [0, 0.05) is 6.42 Å². The third-order valence-electron chi connectivity index (χ3n) is 3.17. The molecular weight excluding hydrogens is 260 g/mol. The van der Waals surface area contributed by atoms with E-state index in [2.05, 4.69) is 5.32 Å². The predicted molar refractivity (Wildman–Crippen MR) is 74.0 cm³/mol. The lowest BCUT2D eigenvalue weighted by atomic mass is 10.1. The number of carboxylic acid groups (broad SMARTS) is 1.